The second-order valence-corrected chi connectivity index (χ2v) is 33.6. The third kappa shape index (κ3) is 35.5. The molecule has 7 heterocycles. The zero-order chi connectivity index (χ0) is 81.3. The fraction of sp³-hybridized carbons (Fsp3) is 0.838. The summed E-state index contributed by atoms with van der Waals surface area (Å²) in [6.45, 7) is 25.9. The molecular weight excluding hydrogens is 1420 g/mol. The molecule has 7 rings (SSSR count). The fourth-order valence-corrected chi connectivity index (χ4v) is 12.6. The highest BCUT2D eigenvalue weighted by Crippen LogP contribution is 2.34. The van der Waals surface area contributed by atoms with Crippen molar-refractivity contribution in [1.82, 2.24) is 65.3 Å². The van der Waals surface area contributed by atoms with Gasteiger partial charge in [-0.25, -0.2) is 0 Å². The van der Waals surface area contributed by atoms with Crippen LogP contribution in [0.2, 0.25) is 0 Å². The lowest BCUT2D eigenvalue weighted by Gasteiger charge is -2.40. The molecular formula is C80H138N16O15. The molecule has 0 atom stereocenters. The van der Waals surface area contributed by atoms with Crippen molar-refractivity contribution in [3.63, 3.8) is 0 Å². The minimum Gasteiger partial charge on any atom is -0.395 e. The highest BCUT2D eigenvalue weighted by atomic mass is 16.7. The molecule has 4 aromatic rings. The number of ketones is 4. The summed E-state index contributed by atoms with van der Waals surface area (Å²) in [5, 5.41) is 78.0. The van der Waals surface area contributed by atoms with Crippen molar-refractivity contribution in [3.8, 4) is 0 Å². The molecule has 3 fully saturated rings. The summed E-state index contributed by atoms with van der Waals surface area (Å²) < 4.78 is 41.6. The van der Waals surface area contributed by atoms with Crippen LogP contribution in [-0.2, 0) is 104 Å². The normalized spacial score (nSPS) is 16.9. The smallest absolute Gasteiger partial charge is 0.230 e. The number of amides is 1. The van der Waals surface area contributed by atoms with E-state index >= 15 is 0 Å². The molecule has 3 aliphatic rings. The number of aryl methyl sites for hydroxylation is 8. The summed E-state index contributed by atoms with van der Waals surface area (Å²) in [5.41, 5.74) is 8.21. The van der Waals surface area contributed by atoms with Gasteiger partial charge in [-0.3, -0.25) is 42.7 Å². The predicted octanol–water partition coefficient (Wildman–Crippen LogP) is 11.3. The largest absolute Gasteiger partial charge is 0.395 e. The number of carbonyl (C=O) groups excluding carboxylic acids is 5. The van der Waals surface area contributed by atoms with E-state index in [1.165, 1.54) is 0 Å². The molecule has 0 unspecified atom stereocenters. The number of aromatic nitrogens is 12. The van der Waals surface area contributed by atoms with E-state index in [-0.39, 0.29) is 55.5 Å². The topological polar surface area (TPSA) is 405 Å². The zero-order valence-corrected chi connectivity index (χ0v) is 69.2. The van der Waals surface area contributed by atoms with Crippen molar-refractivity contribution in [1.29, 1.82) is 0 Å². The van der Waals surface area contributed by atoms with Crippen LogP contribution >= 0.6 is 0 Å². The Morgan fingerprint density at radius 2 is 0.667 bits per heavy atom. The zero-order valence-electron chi connectivity index (χ0n) is 69.2. The Labute approximate surface area is 658 Å². The summed E-state index contributed by atoms with van der Waals surface area (Å²) >= 11 is 0. The number of nitrogens with zero attached hydrogens (tertiary/aromatic N) is 15. The van der Waals surface area contributed by atoms with Crippen LogP contribution in [0.5, 0.6) is 0 Å². The van der Waals surface area contributed by atoms with Gasteiger partial charge in [-0.15, -0.1) is 20.4 Å². The van der Waals surface area contributed by atoms with Crippen LogP contribution in [-0.4, -0.2) is 206 Å². The average molecular weight is 1560 g/mol. The third-order valence-electron chi connectivity index (χ3n) is 21.4. The lowest BCUT2D eigenvalue weighted by molar-refractivity contribution is -0.277. The molecule has 1 amide bonds. The Hall–Kier alpha value is -6.38. The number of unbranched alkanes of at least 4 members (excludes halogenated alkanes) is 19. The molecule has 0 aliphatic carbocycles. The molecule has 111 heavy (non-hydrogen) atoms. The fourth-order valence-electron chi connectivity index (χ4n) is 12.6. The Kier molecular flexibility index (Phi) is 41.8. The van der Waals surface area contributed by atoms with Crippen molar-refractivity contribution in [2.24, 2.45) is 32.2 Å². The minimum absolute atomic E-state index is 0.0212. The molecule has 4 aromatic heterocycles. The number of carbonyl (C=O) groups is 5. The average Bonchev–Trinajstić information content (AvgIpc) is 1.64. The van der Waals surface area contributed by atoms with Crippen molar-refractivity contribution >= 4 is 29.0 Å². The summed E-state index contributed by atoms with van der Waals surface area (Å²) in [7, 11) is 0. The SMILES string of the molecule is CC(CO)(CO)C(=O)CCCCCCCn1cc(CCc2cn(CCCCCCCC(=O)C(C)(CO)CO)nn2)nn1.CC1(C)OCC(C)(C(=O)CCCCCCCn2cc(CCc3cn(CCCCCCCC(=O)C4(C)COC(C)(C)OC4)nn3)nn2)CO1.CC1(C)OCC(C)(C(=O)NCCCCCCN=[N+]=[N-])CO1. The Bertz CT molecular complexity index is 3180. The lowest BCUT2D eigenvalue weighted by Crippen LogP contribution is -2.52. The van der Waals surface area contributed by atoms with E-state index in [4.69, 9.17) is 34.0 Å². The van der Waals surface area contributed by atoms with E-state index in [0.29, 0.717) is 78.4 Å². The number of azide groups is 1. The van der Waals surface area contributed by atoms with Crippen LogP contribution in [0.3, 0.4) is 0 Å². The number of hydrogen-bond acceptors (Lipinski definition) is 24. The summed E-state index contributed by atoms with van der Waals surface area (Å²) in [6.07, 6.45) is 36.8. The van der Waals surface area contributed by atoms with Gasteiger partial charge in [0.25, 0.3) is 0 Å². The van der Waals surface area contributed by atoms with Gasteiger partial charge in [0.1, 0.15) is 23.1 Å². The molecule has 0 radical (unpaired) electrons. The lowest BCUT2D eigenvalue weighted by atomic mass is 9.84. The van der Waals surface area contributed by atoms with Gasteiger partial charge in [-0.05, 0) is 172 Å². The first kappa shape index (κ1) is 95.2. The van der Waals surface area contributed by atoms with Gasteiger partial charge in [0.05, 0.1) is 116 Å². The quantitative estimate of drug-likeness (QED) is 0.0119. The van der Waals surface area contributed by atoms with Crippen LogP contribution in [0.15, 0.2) is 29.9 Å². The van der Waals surface area contributed by atoms with Gasteiger partial charge >= 0.3 is 0 Å². The van der Waals surface area contributed by atoms with E-state index in [1.54, 1.807) is 13.8 Å². The number of nitrogens with one attached hydrogen (secondary N) is 1. The first-order chi connectivity index (χ1) is 52.9. The molecule has 0 spiro atoms. The Balaban J connectivity index is 0.000000319. The van der Waals surface area contributed by atoms with Crippen molar-refractivity contribution in [3.05, 3.63) is 58.0 Å². The van der Waals surface area contributed by atoms with E-state index in [9.17, 15) is 44.4 Å². The van der Waals surface area contributed by atoms with Gasteiger partial charge in [0.15, 0.2) is 17.4 Å². The molecule has 0 bridgehead atoms. The number of aliphatic hydroxyl groups is 4. The van der Waals surface area contributed by atoms with Crippen LogP contribution in [0, 0.1) is 27.1 Å². The molecule has 0 aromatic carbocycles. The number of rotatable bonds is 54. The van der Waals surface area contributed by atoms with Gasteiger partial charge in [0, 0.05) is 94.7 Å². The monoisotopic (exact) mass is 1560 g/mol. The molecule has 31 nitrogen and oxygen atoms in total. The first-order valence-corrected chi connectivity index (χ1v) is 41.1. The van der Waals surface area contributed by atoms with Crippen molar-refractivity contribution < 1.29 is 72.8 Å². The molecule has 628 valence electrons. The van der Waals surface area contributed by atoms with Crippen molar-refractivity contribution in [2.45, 2.75) is 325 Å². The predicted molar refractivity (Wildman–Crippen MR) is 418 cm³/mol. The van der Waals surface area contributed by atoms with Crippen molar-refractivity contribution in [2.75, 3.05) is 79.2 Å². The molecule has 0 saturated carbocycles. The van der Waals surface area contributed by atoms with E-state index < -0.39 is 44.4 Å². The Morgan fingerprint density at radius 3 is 0.964 bits per heavy atom. The maximum Gasteiger partial charge on any atom is 0.230 e. The van der Waals surface area contributed by atoms with E-state index in [1.807, 2.05) is 106 Å². The van der Waals surface area contributed by atoms with Gasteiger partial charge < -0.3 is 54.2 Å². The molecule has 3 saturated heterocycles. The number of ether oxygens (including phenoxy) is 6. The van der Waals surface area contributed by atoms with E-state index in [2.05, 4.69) is 56.6 Å². The minimum atomic E-state index is -1.03. The number of Topliss-reactive ketones (excluding diaryl/α,β-unsaturated/α-hetero) is 4. The second-order valence-electron chi connectivity index (χ2n) is 33.6. The molecule has 3 aliphatic heterocycles. The number of hydrogen-bond donors (Lipinski definition) is 5. The van der Waals surface area contributed by atoms with Gasteiger partial charge in [0.2, 0.25) is 5.91 Å². The van der Waals surface area contributed by atoms with Crippen LogP contribution < -0.4 is 5.32 Å². The Morgan fingerprint density at radius 1 is 0.405 bits per heavy atom. The van der Waals surface area contributed by atoms with Gasteiger partial charge in [-0.1, -0.05) is 116 Å². The number of aliphatic hydroxyl groups excluding tert-OH is 4. The summed E-state index contributed by atoms with van der Waals surface area (Å²) in [6, 6.07) is 0. The highest BCUT2D eigenvalue weighted by Gasteiger charge is 2.44. The third-order valence-corrected chi connectivity index (χ3v) is 21.4. The highest BCUT2D eigenvalue weighted by molar-refractivity contribution is 5.86. The standard InChI is InChI=1S/C36H60N6O6.C30H52N6O6.C14H26N4O3/c1-33(2)45-25-35(5,26-46-33)31(43)17-13-9-7-11-15-21-41-23-29(37-39-41)19-20-30-24-42(40-38-30)22-16-12-8-10-14-18-32(44)36(6)27-47-34(3,4)48-28-36;1-29(21-37,22-38)27(41)13-9-5-3-7-11-17-35-19-25(31-33-35)15-16-26-20-36(34-32-26)18-12-8-4-6-10-14-28(42)30(2,23-39)24-40;1-13(2)20-10-14(3,11-21-13)12(19)16-8-6-4-5-7-9-17-18-15/h23-24H,7-22,25-28H2,1-6H3;19-20,37-40H,3-18,21-24H2,1-2H3;4-11H2,1-3H3,(H,16,19). The van der Waals surface area contributed by atoms with Crippen LogP contribution in [0.25, 0.3) is 10.4 Å². The van der Waals surface area contributed by atoms with Crippen LogP contribution in [0.4, 0.5) is 0 Å². The maximum atomic E-state index is 12.7. The second kappa shape index (κ2) is 48.7. The maximum absolute atomic E-state index is 12.7. The van der Waals surface area contributed by atoms with E-state index in [0.717, 1.165) is 229 Å². The first-order valence-electron chi connectivity index (χ1n) is 41.1. The molecule has 31 heteroatoms. The van der Waals surface area contributed by atoms with Gasteiger partial charge in [-0.2, -0.15) is 0 Å². The summed E-state index contributed by atoms with van der Waals surface area (Å²) in [4.78, 5) is 64.5. The molecule has 5 N–H and O–H groups in total. The van der Waals surface area contributed by atoms with Crippen LogP contribution in [0.1, 0.15) is 279 Å². The summed E-state index contributed by atoms with van der Waals surface area (Å²) in [5.74, 6) is -1.50.